The fourth-order valence-corrected chi connectivity index (χ4v) is 4.49. The second kappa shape index (κ2) is 11.4. The smallest absolute Gasteiger partial charge is 0.103 e. The number of nitriles is 3. The number of nitrogens with one attached hydrogen (secondary N) is 4. The van der Waals surface area contributed by atoms with E-state index in [0.29, 0.717) is 45.5 Å². The van der Waals surface area contributed by atoms with Gasteiger partial charge in [-0.1, -0.05) is 46.4 Å². The molecule has 9 heteroatoms. The number of hydrazine groups is 2. The quantitative estimate of drug-likeness (QED) is 0.282. The summed E-state index contributed by atoms with van der Waals surface area (Å²) in [4.78, 5) is 4.46. The van der Waals surface area contributed by atoms with Crippen LogP contribution in [-0.2, 0) is 0 Å². The topological polar surface area (TPSA) is 136 Å². The average molecular weight is 532 g/mol. The Morgan fingerprint density at radius 2 is 1.82 bits per heavy atom. The van der Waals surface area contributed by atoms with Crippen molar-refractivity contribution in [2.24, 2.45) is 5.41 Å². The zero-order valence-electron chi connectivity index (χ0n) is 23.5. The van der Waals surface area contributed by atoms with Gasteiger partial charge in [0.1, 0.15) is 12.1 Å². The number of anilines is 2. The van der Waals surface area contributed by atoms with Crippen molar-refractivity contribution in [1.82, 2.24) is 21.0 Å². The molecule has 2 aromatic carbocycles. The van der Waals surface area contributed by atoms with Crippen LogP contribution in [0.5, 0.6) is 0 Å². The lowest BCUT2D eigenvalue weighted by atomic mass is 9.94. The van der Waals surface area contributed by atoms with Crippen molar-refractivity contribution in [2.45, 2.75) is 47.1 Å². The summed E-state index contributed by atoms with van der Waals surface area (Å²) in [6.45, 7) is 15.0. The highest BCUT2D eigenvalue weighted by Crippen LogP contribution is 2.35. The summed E-state index contributed by atoms with van der Waals surface area (Å²) < 4.78 is 0. The van der Waals surface area contributed by atoms with Crippen LogP contribution in [0.15, 0.2) is 60.7 Å². The van der Waals surface area contributed by atoms with E-state index in [2.05, 4.69) is 72.1 Å². The van der Waals surface area contributed by atoms with Gasteiger partial charge in [-0.05, 0) is 48.1 Å². The van der Waals surface area contributed by atoms with Gasteiger partial charge in [-0.3, -0.25) is 9.99 Å². The van der Waals surface area contributed by atoms with Crippen LogP contribution in [0.4, 0.5) is 11.4 Å². The van der Waals surface area contributed by atoms with Gasteiger partial charge in [0.05, 0.1) is 45.7 Å². The molecule has 9 nitrogen and oxygen atoms in total. The normalized spacial score (nSPS) is 13.4. The molecule has 0 radical (unpaired) electrons. The lowest BCUT2D eigenvalue weighted by Crippen LogP contribution is -2.36. The Balaban J connectivity index is 1.88. The van der Waals surface area contributed by atoms with E-state index in [1.54, 1.807) is 12.1 Å². The van der Waals surface area contributed by atoms with Crippen LogP contribution in [0.1, 0.15) is 68.0 Å². The molecule has 0 saturated carbocycles. The summed E-state index contributed by atoms with van der Waals surface area (Å²) in [5.41, 5.74) is 13.0. The summed E-state index contributed by atoms with van der Waals surface area (Å²) in [5, 5.41) is 39.1. The molecule has 4 N–H and O–H groups in total. The largest absolute Gasteiger partial charge is 0.383 e. The first kappa shape index (κ1) is 28.0. The lowest BCUT2D eigenvalue weighted by molar-refractivity contribution is 0.327. The number of nitrogens with zero attached hydrogens (tertiary/aromatic N) is 5. The zero-order valence-corrected chi connectivity index (χ0v) is 23.5. The van der Waals surface area contributed by atoms with Crippen molar-refractivity contribution in [2.75, 3.05) is 17.2 Å². The van der Waals surface area contributed by atoms with Crippen molar-refractivity contribution in [1.29, 1.82) is 15.8 Å². The van der Waals surface area contributed by atoms with E-state index in [1.165, 1.54) is 6.20 Å². The van der Waals surface area contributed by atoms with E-state index in [9.17, 15) is 15.8 Å². The maximum absolute atomic E-state index is 10.0. The van der Waals surface area contributed by atoms with Crippen molar-refractivity contribution < 1.29 is 0 Å². The highest BCUT2D eigenvalue weighted by molar-refractivity contribution is 5.99. The second-order valence-electron chi connectivity index (χ2n) is 10.9. The number of hydrogen-bond acceptors (Lipinski definition) is 9. The highest BCUT2D eigenvalue weighted by atomic mass is 15.7. The van der Waals surface area contributed by atoms with Crippen molar-refractivity contribution in [3.63, 3.8) is 0 Å². The molecule has 0 amide bonds. The van der Waals surface area contributed by atoms with Crippen LogP contribution in [0, 0.1) is 46.3 Å². The molecule has 3 aromatic rings. The first-order valence-electron chi connectivity index (χ1n) is 13.1. The zero-order chi connectivity index (χ0) is 29.0. The molecule has 1 aromatic heterocycles. The maximum atomic E-state index is 10.0. The van der Waals surface area contributed by atoms with Crippen LogP contribution in [0.3, 0.4) is 0 Å². The molecule has 0 saturated heterocycles. The molecule has 0 aliphatic carbocycles. The van der Waals surface area contributed by atoms with E-state index in [0.717, 1.165) is 28.9 Å². The van der Waals surface area contributed by atoms with Crippen molar-refractivity contribution in [3.8, 4) is 18.2 Å². The first-order chi connectivity index (χ1) is 19.1. The number of aromatic nitrogens is 1. The Morgan fingerprint density at radius 3 is 2.48 bits per heavy atom. The summed E-state index contributed by atoms with van der Waals surface area (Å²) in [7, 11) is 0. The lowest BCUT2D eigenvalue weighted by Gasteiger charge is -2.24. The minimum atomic E-state index is -0.405. The molecular formula is C31H33N9. The standard InChI is InChI=1S/C31H33N9/c1-7-19(2)40-17-27(38-39-40)30(25-10-8-9-21(13-32)20(25)3)37-24-11-22(14-33)28-26(12-24)29(23(15-34)16-35-28)36-18-31(4,5)6/h8-12,16-17,30,37-39H,2,7,18H2,1,3-6H3,(H,35,36)/t30-/m0/s1. The molecule has 0 bridgehead atoms. The summed E-state index contributed by atoms with van der Waals surface area (Å²) in [6.07, 6.45) is 4.20. The molecule has 2 heterocycles. The van der Waals surface area contributed by atoms with Gasteiger partial charge in [-0.2, -0.15) is 15.8 Å². The minimum absolute atomic E-state index is 0.0351. The molecule has 1 atom stereocenters. The number of benzene rings is 2. The predicted octanol–water partition coefficient (Wildman–Crippen LogP) is 5.86. The van der Waals surface area contributed by atoms with Crippen molar-refractivity contribution >= 4 is 22.3 Å². The van der Waals surface area contributed by atoms with Crippen LogP contribution >= 0.6 is 0 Å². The van der Waals surface area contributed by atoms with Crippen LogP contribution in [-0.4, -0.2) is 16.5 Å². The molecule has 0 spiro atoms. The number of allylic oxidation sites excluding steroid dienone is 1. The Kier molecular flexibility index (Phi) is 7.95. The van der Waals surface area contributed by atoms with Crippen LogP contribution < -0.4 is 21.6 Å². The average Bonchev–Trinajstić information content (AvgIpc) is 3.43. The number of fused-ring (bicyclic) bond motifs is 1. The third-order valence-corrected chi connectivity index (χ3v) is 6.77. The fraction of sp³-hybridized carbons (Fsp3) is 0.290. The third kappa shape index (κ3) is 5.68. The summed E-state index contributed by atoms with van der Waals surface area (Å²) in [5.74, 6) is 0. The third-order valence-electron chi connectivity index (χ3n) is 6.77. The number of rotatable bonds is 8. The molecular weight excluding hydrogens is 498 g/mol. The Morgan fingerprint density at radius 1 is 1.10 bits per heavy atom. The molecule has 4 rings (SSSR count). The summed E-state index contributed by atoms with van der Waals surface area (Å²) >= 11 is 0. The molecule has 40 heavy (non-hydrogen) atoms. The Labute approximate surface area is 235 Å². The van der Waals surface area contributed by atoms with Gasteiger partial charge in [0.25, 0.3) is 0 Å². The fourth-order valence-electron chi connectivity index (χ4n) is 4.49. The molecule has 0 fully saturated rings. The van der Waals surface area contributed by atoms with E-state index >= 15 is 0 Å². The van der Waals surface area contributed by atoms with Gasteiger partial charge in [0, 0.05) is 35.7 Å². The minimum Gasteiger partial charge on any atom is -0.383 e. The van der Waals surface area contributed by atoms with E-state index in [-0.39, 0.29) is 5.41 Å². The number of pyridine rings is 1. The molecule has 202 valence electrons. The molecule has 1 aliphatic heterocycles. The highest BCUT2D eigenvalue weighted by Gasteiger charge is 2.26. The van der Waals surface area contributed by atoms with E-state index in [4.69, 9.17) is 0 Å². The summed E-state index contributed by atoms with van der Waals surface area (Å²) in [6, 6.07) is 15.7. The van der Waals surface area contributed by atoms with Gasteiger partial charge in [-0.15, -0.1) is 5.53 Å². The molecule has 1 aliphatic rings. The van der Waals surface area contributed by atoms with Crippen LogP contribution in [0.2, 0.25) is 0 Å². The maximum Gasteiger partial charge on any atom is 0.103 e. The van der Waals surface area contributed by atoms with Gasteiger partial charge in [-0.25, -0.2) is 0 Å². The number of hydrogen-bond donors (Lipinski definition) is 4. The van der Waals surface area contributed by atoms with Gasteiger partial charge in [0.15, 0.2) is 0 Å². The van der Waals surface area contributed by atoms with Gasteiger partial charge < -0.3 is 16.1 Å². The monoisotopic (exact) mass is 531 g/mol. The van der Waals surface area contributed by atoms with Gasteiger partial charge >= 0.3 is 0 Å². The first-order valence-corrected chi connectivity index (χ1v) is 13.1. The Hall–Kier alpha value is -5.04. The molecule has 0 unspecified atom stereocenters. The second-order valence-corrected chi connectivity index (χ2v) is 10.9. The van der Waals surface area contributed by atoms with Crippen LogP contribution in [0.25, 0.3) is 10.9 Å². The van der Waals surface area contributed by atoms with Gasteiger partial charge in [0.2, 0.25) is 0 Å². The van der Waals surface area contributed by atoms with E-state index in [1.807, 2.05) is 43.3 Å². The SMILES string of the molecule is C=C(CC)N1C=C([C@@H](Nc2cc(C#N)c3ncc(C#N)c(NCC(C)(C)C)c3c2)c2cccc(C#N)c2C)NN1. The predicted molar refractivity (Wildman–Crippen MR) is 157 cm³/mol. The van der Waals surface area contributed by atoms with Crippen molar-refractivity contribution in [3.05, 3.63) is 88.5 Å². The van der Waals surface area contributed by atoms with E-state index < -0.39 is 6.04 Å². The Bertz CT molecular complexity index is 1620.